The Morgan fingerprint density at radius 1 is 1.12 bits per heavy atom. The molecular formula is C25H26ClFeN3O3+2. The van der Waals surface area contributed by atoms with E-state index in [9.17, 15) is 9.90 Å². The quantitative estimate of drug-likeness (QED) is 0.418. The first-order chi connectivity index (χ1) is 15.6. The van der Waals surface area contributed by atoms with Gasteiger partial charge in [0.2, 0.25) is 0 Å². The number of carbonyl (C=O) groups excluding carboxylic acids is 1. The van der Waals surface area contributed by atoms with Crippen molar-refractivity contribution >= 4 is 23.3 Å². The predicted octanol–water partition coefficient (Wildman–Crippen LogP) is 3.96. The number of ether oxygens (including phenoxy) is 1. The Morgan fingerprint density at radius 2 is 1.76 bits per heavy atom. The molecule has 0 bridgehead atoms. The molecule has 1 aromatic heterocycles. The molecule has 1 aromatic carbocycles. The average Bonchev–Trinajstić information content (AvgIpc) is 3.56. The van der Waals surface area contributed by atoms with Crippen molar-refractivity contribution in [3.05, 3.63) is 110 Å². The van der Waals surface area contributed by atoms with Crippen molar-refractivity contribution in [3.8, 4) is 0 Å². The largest absolute Gasteiger partial charge is 2.00 e. The molecule has 172 valence electrons. The van der Waals surface area contributed by atoms with Crippen LogP contribution in [-0.2, 0) is 28.4 Å². The summed E-state index contributed by atoms with van der Waals surface area (Å²) in [7, 11) is 0. The molecule has 0 spiro atoms. The number of rotatable bonds is 8. The van der Waals surface area contributed by atoms with Crippen LogP contribution in [0, 0.1) is 63.7 Å². The number of halogens is 1. The van der Waals surface area contributed by atoms with Gasteiger partial charge in [-0.25, -0.2) is 4.79 Å². The van der Waals surface area contributed by atoms with E-state index in [4.69, 9.17) is 16.3 Å². The maximum atomic E-state index is 12.3. The molecule has 1 heterocycles. The van der Waals surface area contributed by atoms with Gasteiger partial charge in [0.05, 0.1) is 35.7 Å². The zero-order valence-corrected chi connectivity index (χ0v) is 20.0. The fourth-order valence-electron chi connectivity index (χ4n) is 3.03. The van der Waals surface area contributed by atoms with E-state index in [1.54, 1.807) is 19.1 Å². The van der Waals surface area contributed by atoms with Crippen LogP contribution in [0.1, 0.15) is 23.1 Å². The second-order valence-corrected chi connectivity index (χ2v) is 7.37. The number of hydrogen-bond acceptors (Lipinski definition) is 5. The van der Waals surface area contributed by atoms with Crippen LogP contribution in [0.4, 0.5) is 5.69 Å². The van der Waals surface area contributed by atoms with E-state index in [1.165, 1.54) is 4.68 Å². The third-order valence-electron chi connectivity index (χ3n) is 4.56. The summed E-state index contributed by atoms with van der Waals surface area (Å²) in [6.07, 6.45) is 16.9. The Hall–Kier alpha value is -1.53. The first-order valence-electron chi connectivity index (χ1n) is 10.4. The Bertz CT molecular complexity index is 844. The number of nitrogens with zero attached hydrogens (tertiary/aromatic N) is 2. The molecule has 6 nitrogen and oxygen atoms in total. The number of aliphatic hydroxyl groups excluding tert-OH is 1. The summed E-state index contributed by atoms with van der Waals surface area (Å²) in [4.78, 5) is 12.3. The van der Waals surface area contributed by atoms with Crippen molar-refractivity contribution in [1.82, 2.24) is 9.78 Å². The van der Waals surface area contributed by atoms with Gasteiger partial charge in [0.15, 0.2) is 0 Å². The Labute approximate surface area is 212 Å². The molecule has 10 radical (unpaired) electrons. The van der Waals surface area contributed by atoms with E-state index in [0.29, 0.717) is 16.4 Å². The molecular weight excluding hydrogens is 482 g/mol. The van der Waals surface area contributed by atoms with Gasteiger partial charge in [-0.05, 0) is 82.9 Å². The zero-order valence-electron chi connectivity index (χ0n) is 18.2. The third kappa shape index (κ3) is 8.64. The normalized spacial score (nSPS) is 16.5. The van der Waals surface area contributed by atoms with Crippen LogP contribution in [0.5, 0.6) is 0 Å². The van der Waals surface area contributed by atoms with Gasteiger partial charge >= 0.3 is 23.0 Å². The zero-order chi connectivity index (χ0) is 22.8. The molecule has 2 N–H and O–H groups in total. The molecule has 4 rings (SSSR count). The second kappa shape index (κ2) is 14.7. The number of esters is 1. The Morgan fingerprint density at radius 3 is 2.36 bits per heavy atom. The standard InChI is InChI=1S/C20H21ClN3O3.C5H5.Fe/c1-2-27-20(26)19-11-18(14-7-3-4-8-14)23-24(19)13-15(25)12-22-17-10-6-5-9-16(17)21;1-2-4-5-3-1;/h3-11,15,22,25H,2,12-13H2,1H3;1-5H;/q;;+2/t15-;;/m1../s1. The first-order valence-corrected chi connectivity index (χ1v) is 10.8. The van der Waals surface area contributed by atoms with Crippen LogP contribution in [0.25, 0.3) is 0 Å². The van der Waals surface area contributed by atoms with Crippen molar-refractivity contribution in [2.45, 2.75) is 19.6 Å². The van der Waals surface area contributed by atoms with Crippen molar-refractivity contribution in [2.75, 3.05) is 18.5 Å². The number of para-hydroxylation sites is 1. The molecule has 33 heavy (non-hydrogen) atoms. The number of nitrogens with one attached hydrogen (secondary N) is 1. The third-order valence-corrected chi connectivity index (χ3v) is 4.89. The van der Waals surface area contributed by atoms with E-state index in [0.717, 1.165) is 11.6 Å². The maximum Gasteiger partial charge on any atom is 2.00 e. The first kappa shape index (κ1) is 27.7. The van der Waals surface area contributed by atoms with Crippen LogP contribution in [0.15, 0.2) is 30.3 Å². The van der Waals surface area contributed by atoms with Crippen molar-refractivity contribution in [3.63, 3.8) is 0 Å². The van der Waals surface area contributed by atoms with Crippen molar-refractivity contribution in [2.24, 2.45) is 0 Å². The van der Waals surface area contributed by atoms with Gasteiger partial charge in [0.25, 0.3) is 0 Å². The predicted molar refractivity (Wildman–Crippen MR) is 125 cm³/mol. The number of hydrogen-bond donors (Lipinski definition) is 2. The molecule has 2 saturated carbocycles. The fourth-order valence-corrected chi connectivity index (χ4v) is 3.23. The number of benzene rings is 1. The van der Waals surface area contributed by atoms with Gasteiger partial charge in [-0.15, -0.1) is 0 Å². The number of anilines is 1. The molecule has 0 saturated heterocycles. The molecule has 2 fully saturated rings. The van der Waals surface area contributed by atoms with Crippen LogP contribution in [-0.4, -0.2) is 40.1 Å². The summed E-state index contributed by atoms with van der Waals surface area (Å²) in [6.45, 7) is 2.43. The van der Waals surface area contributed by atoms with Crippen molar-refractivity contribution < 1.29 is 31.7 Å². The second-order valence-electron chi connectivity index (χ2n) is 6.97. The van der Waals surface area contributed by atoms with Gasteiger partial charge in [-0.2, -0.15) is 5.10 Å². The van der Waals surface area contributed by atoms with E-state index in [-0.39, 0.29) is 36.8 Å². The van der Waals surface area contributed by atoms with E-state index < -0.39 is 12.1 Å². The van der Waals surface area contributed by atoms with Gasteiger partial charge in [0.1, 0.15) is 5.69 Å². The van der Waals surface area contributed by atoms with E-state index >= 15 is 0 Å². The molecule has 0 aliphatic heterocycles. The minimum atomic E-state index is -0.776. The number of aromatic nitrogens is 2. The summed E-state index contributed by atoms with van der Waals surface area (Å²) in [5.41, 5.74) is 1.71. The van der Waals surface area contributed by atoms with Gasteiger partial charge < -0.3 is 15.2 Å². The molecule has 1 atom stereocenters. The molecule has 0 amide bonds. The fraction of sp³-hybridized carbons (Fsp3) is 0.200. The minimum Gasteiger partial charge on any atom is -0.461 e. The van der Waals surface area contributed by atoms with E-state index in [1.807, 2.05) is 76.0 Å². The molecule has 8 heteroatoms. The minimum absolute atomic E-state index is 0. The monoisotopic (exact) mass is 507 g/mol. The molecule has 2 aromatic rings. The topological polar surface area (TPSA) is 76.4 Å². The summed E-state index contributed by atoms with van der Waals surface area (Å²) >= 11 is 6.11. The van der Waals surface area contributed by atoms with Gasteiger partial charge in [-0.1, -0.05) is 23.7 Å². The summed E-state index contributed by atoms with van der Waals surface area (Å²) < 4.78 is 6.60. The van der Waals surface area contributed by atoms with Gasteiger partial charge in [-0.3, -0.25) is 4.68 Å². The van der Waals surface area contributed by atoms with E-state index in [2.05, 4.69) is 10.4 Å². The number of carbonyl (C=O) groups is 1. The Balaban J connectivity index is 0.000000568. The summed E-state index contributed by atoms with van der Waals surface area (Å²) in [5, 5.41) is 18.6. The molecule has 2 aliphatic carbocycles. The van der Waals surface area contributed by atoms with Crippen LogP contribution >= 0.6 is 11.6 Å². The maximum absolute atomic E-state index is 12.3. The summed E-state index contributed by atoms with van der Waals surface area (Å²) in [5.74, 6) is 0.442. The Kier molecular flexibility index (Phi) is 12.3. The van der Waals surface area contributed by atoms with Crippen LogP contribution < -0.4 is 5.32 Å². The van der Waals surface area contributed by atoms with Crippen LogP contribution in [0.2, 0.25) is 5.02 Å². The SMILES string of the molecule is CCOC(=O)c1cc([C]2[CH][CH][CH][CH]2)nn1C[C@H](O)CNc1ccccc1Cl.[CH]1[CH][CH][CH][CH]1.[Fe+2]. The molecule has 2 aliphatic rings. The summed E-state index contributed by atoms with van der Waals surface area (Å²) in [6, 6.07) is 8.99. The smallest absolute Gasteiger partial charge is 0.461 e. The van der Waals surface area contributed by atoms with Gasteiger partial charge in [0, 0.05) is 12.5 Å². The molecule has 0 unspecified atom stereocenters. The van der Waals surface area contributed by atoms with Crippen molar-refractivity contribution in [1.29, 1.82) is 0 Å². The average molecular weight is 508 g/mol. The number of aliphatic hydroxyl groups is 1. The van der Waals surface area contributed by atoms with Crippen LogP contribution in [0.3, 0.4) is 0 Å².